The van der Waals surface area contributed by atoms with Crippen LogP contribution >= 0.6 is 8.38 Å². The van der Waals surface area contributed by atoms with Gasteiger partial charge in [-0.2, -0.15) is 0 Å². The summed E-state index contributed by atoms with van der Waals surface area (Å²) in [6.07, 6.45) is 2.64. The number of unbranched alkanes of at least 4 members (excludes halogenated alkanes) is 1. The molecular weight excluding hydrogens is 191 g/mol. The summed E-state index contributed by atoms with van der Waals surface area (Å²) >= 11 is 0. The van der Waals surface area contributed by atoms with Crippen molar-refractivity contribution in [2.45, 2.75) is 33.6 Å². The number of hydrogen-bond acceptors (Lipinski definition) is 4. The molecule has 0 radical (unpaired) electrons. The molecule has 0 aliphatic carbocycles. The monoisotopic (exact) mass is 208 g/mol. The first-order valence-electron chi connectivity index (χ1n) is 4.40. The van der Waals surface area contributed by atoms with Crippen LogP contribution in [0, 0.1) is 0 Å². The van der Waals surface area contributed by atoms with Crippen LogP contribution in [0.25, 0.3) is 0 Å². The standard InChI is InChI=1S/C8H17O4P/c1-4-5-6-13(11-7(2)9)12-8(3)10/h4-6,13H2,1-3H3. The topological polar surface area (TPSA) is 52.6 Å². The van der Waals surface area contributed by atoms with Crippen LogP contribution in [0.15, 0.2) is 0 Å². The SMILES string of the molecule is CCCC[PH2](OC(C)=O)OC(C)=O. The van der Waals surface area contributed by atoms with Crippen molar-refractivity contribution >= 4 is 20.3 Å². The third kappa shape index (κ3) is 7.72. The molecule has 0 aliphatic heterocycles. The van der Waals surface area contributed by atoms with Crippen molar-refractivity contribution in [2.75, 3.05) is 6.16 Å². The Morgan fingerprint density at radius 2 is 1.62 bits per heavy atom. The molecule has 0 atom stereocenters. The van der Waals surface area contributed by atoms with Gasteiger partial charge in [0.1, 0.15) is 0 Å². The summed E-state index contributed by atoms with van der Waals surface area (Å²) in [7, 11) is -2.07. The van der Waals surface area contributed by atoms with E-state index in [9.17, 15) is 9.59 Å². The van der Waals surface area contributed by atoms with Crippen LogP contribution in [0.4, 0.5) is 0 Å². The van der Waals surface area contributed by atoms with Gasteiger partial charge in [0.2, 0.25) is 0 Å². The van der Waals surface area contributed by atoms with Gasteiger partial charge in [-0.05, 0) is 0 Å². The third-order valence-electron chi connectivity index (χ3n) is 1.39. The first-order chi connectivity index (χ1) is 6.06. The summed E-state index contributed by atoms with van der Waals surface area (Å²) in [5.41, 5.74) is 0. The predicted octanol–water partition coefficient (Wildman–Crippen LogP) is 1.69. The molecule has 0 aromatic rings. The van der Waals surface area contributed by atoms with Crippen molar-refractivity contribution in [3.8, 4) is 0 Å². The fourth-order valence-electron chi connectivity index (χ4n) is 0.883. The molecule has 0 N–H and O–H groups in total. The van der Waals surface area contributed by atoms with Gasteiger partial charge in [0.15, 0.2) is 0 Å². The second-order valence-corrected chi connectivity index (χ2v) is 4.70. The van der Waals surface area contributed by atoms with Crippen LogP contribution in [-0.4, -0.2) is 18.1 Å². The zero-order valence-electron chi connectivity index (χ0n) is 8.33. The fourth-order valence-corrected chi connectivity index (χ4v) is 2.65. The summed E-state index contributed by atoms with van der Waals surface area (Å²) in [4.78, 5) is 21.2. The summed E-state index contributed by atoms with van der Waals surface area (Å²) in [6, 6.07) is 0. The Balaban J connectivity index is 3.87. The molecular formula is C8H17O4P. The summed E-state index contributed by atoms with van der Waals surface area (Å²) < 4.78 is 9.84. The van der Waals surface area contributed by atoms with E-state index in [1.807, 2.05) is 6.92 Å². The molecule has 0 aliphatic rings. The van der Waals surface area contributed by atoms with Gasteiger partial charge in [0, 0.05) is 0 Å². The maximum atomic E-state index is 10.6. The second kappa shape index (κ2) is 6.84. The minimum atomic E-state index is -2.07. The van der Waals surface area contributed by atoms with E-state index in [0.29, 0.717) is 6.16 Å². The number of hydrogen-bond donors (Lipinski definition) is 0. The van der Waals surface area contributed by atoms with Crippen molar-refractivity contribution in [3.63, 3.8) is 0 Å². The Bertz CT molecular complexity index is 165. The number of carbonyl (C=O) groups excluding carboxylic acids is 2. The van der Waals surface area contributed by atoms with Crippen LogP contribution in [0.2, 0.25) is 0 Å². The van der Waals surface area contributed by atoms with Gasteiger partial charge in [-0.1, -0.05) is 0 Å². The van der Waals surface area contributed by atoms with Crippen LogP contribution in [-0.2, 0) is 18.6 Å². The number of rotatable bonds is 5. The van der Waals surface area contributed by atoms with Crippen molar-refractivity contribution in [1.82, 2.24) is 0 Å². The van der Waals surface area contributed by atoms with E-state index >= 15 is 0 Å². The molecule has 0 saturated heterocycles. The third-order valence-corrected chi connectivity index (χ3v) is 3.46. The van der Waals surface area contributed by atoms with E-state index in [4.69, 9.17) is 9.05 Å². The van der Waals surface area contributed by atoms with Crippen molar-refractivity contribution < 1.29 is 18.6 Å². The molecule has 0 unspecified atom stereocenters. The van der Waals surface area contributed by atoms with E-state index in [2.05, 4.69) is 0 Å². The van der Waals surface area contributed by atoms with Crippen LogP contribution in [0.1, 0.15) is 33.6 Å². The summed E-state index contributed by atoms with van der Waals surface area (Å²) in [5.74, 6) is -0.733. The quantitative estimate of drug-likeness (QED) is 0.645. The first-order valence-corrected chi connectivity index (χ1v) is 6.16. The molecule has 0 fully saturated rings. The molecule has 4 nitrogen and oxygen atoms in total. The molecule has 0 aromatic heterocycles. The molecule has 0 aromatic carbocycles. The van der Waals surface area contributed by atoms with Gasteiger partial charge in [-0.25, -0.2) is 0 Å². The molecule has 0 amide bonds. The Hall–Kier alpha value is -0.630. The van der Waals surface area contributed by atoms with Gasteiger partial charge in [0.25, 0.3) is 0 Å². The van der Waals surface area contributed by atoms with Crippen LogP contribution in [0.5, 0.6) is 0 Å². The van der Waals surface area contributed by atoms with E-state index < -0.39 is 8.38 Å². The van der Waals surface area contributed by atoms with Gasteiger partial charge in [0.05, 0.1) is 0 Å². The van der Waals surface area contributed by atoms with Gasteiger partial charge in [-0.15, -0.1) is 0 Å². The molecule has 0 saturated carbocycles. The maximum absolute atomic E-state index is 10.6. The van der Waals surface area contributed by atoms with Crippen LogP contribution < -0.4 is 0 Å². The molecule has 13 heavy (non-hydrogen) atoms. The van der Waals surface area contributed by atoms with Crippen molar-refractivity contribution in [1.29, 1.82) is 0 Å². The number of carbonyl (C=O) groups is 2. The van der Waals surface area contributed by atoms with Crippen molar-refractivity contribution in [3.05, 3.63) is 0 Å². The zero-order chi connectivity index (χ0) is 10.3. The average Bonchev–Trinajstić information content (AvgIpc) is 1.98. The summed E-state index contributed by atoms with van der Waals surface area (Å²) in [6.45, 7) is 4.69. The fraction of sp³-hybridized carbons (Fsp3) is 0.750. The molecule has 0 rings (SSSR count). The Kier molecular flexibility index (Phi) is 6.51. The van der Waals surface area contributed by atoms with E-state index in [0.717, 1.165) is 12.8 Å². The van der Waals surface area contributed by atoms with Gasteiger partial charge < -0.3 is 0 Å². The normalized spacial score (nSPS) is 10.5. The molecule has 78 valence electrons. The second-order valence-electron chi connectivity index (χ2n) is 2.79. The predicted molar refractivity (Wildman–Crippen MR) is 53.0 cm³/mol. The van der Waals surface area contributed by atoms with Gasteiger partial charge in [-0.3, -0.25) is 0 Å². The van der Waals surface area contributed by atoms with Gasteiger partial charge >= 0.3 is 78.7 Å². The van der Waals surface area contributed by atoms with E-state index in [-0.39, 0.29) is 11.9 Å². The Morgan fingerprint density at radius 1 is 1.15 bits per heavy atom. The van der Waals surface area contributed by atoms with E-state index in [1.54, 1.807) is 0 Å². The molecule has 0 bridgehead atoms. The Labute approximate surface area is 79.5 Å². The first kappa shape index (κ1) is 12.4. The van der Waals surface area contributed by atoms with Crippen molar-refractivity contribution in [2.24, 2.45) is 0 Å². The zero-order valence-corrected chi connectivity index (χ0v) is 9.49. The average molecular weight is 208 g/mol. The molecule has 5 heteroatoms. The molecule has 0 spiro atoms. The van der Waals surface area contributed by atoms with E-state index in [1.165, 1.54) is 13.8 Å². The minimum absolute atomic E-state index is 0.367. The summed E-state index contributed by atoms with van der Waals surface area (Å²) in [5, 5.41) is 0. The Morgan fingerprint density at radius 3 is 1.92 bits per heavy atom. The molecule has 0 heterocycles. The van der Waals surface area contributed by atoms with Crippen LogP contribution in [0.3, 0.4) is 0 Å².